The summed E-state index contributed by atoms with van der Waals surface area (Å²) >= 11 is 0. The molecule has 0 aliphatic carbocycles. The maximum Gasteiger partial charge on any atom is 0.317 e. The molecule has 1 amide bonds. The smallest absolute Gasteiger partial charge is 0.317 e. The Kier molecular flexibility index (Phi) is 19.7. The van der Waals surface area contributed by atoms with Gasteiger partial charge in [-0.15, -0.1) is 0 Å². The third-order valence-electron chi connectivity index (χ3n) is 1.88. The van der Waals surface area contributed by atoms with Gasteiger partial charge in [0.15, 0.2) is 5.96 Å². The van der Waals surface area contributed by atoms with Gasteiger partial charge in [-0.2, -0.15) is 0 Å². The van der Waals surface area contributed by atoms with Crippen molar-refractivity contribution >= 4 is 17.8 Å². The zero-order chi connectivity index (χ0) is 19.7. The van der Waals surface area contributed by atoms with Crippen LogP contribution in [0.5, 0.6) is 0 Å². The number of carboxylic acids is 1. The van der Waals surface area contributed by atoms with E-state index < -0.39 is 18.2 Å². The van der Waals surface area contributed by atoms with Crippen molar-refractivity contribution in [1.82, 2.24) is 10.2 Å². The molecule has 10 N–H and O–H groups in total. The number of aliphatic hydroxyl groups excluding tert-OH is 5. The molecule has 1 aliphatic heterocycles. The maximum atomic E-state index is 10.4. The minimum Gasteiger partial charge on any atom is -0.480 e. The Morgan fingerprint density at radius 3 is 1.71 bits per heavy atom. The first-order valence-corrected chi connectivity index (χ1v) is 6.75. The number of nitrogens with one attached hydrogen (secondary N) is 2. The molecule has 0 saturated carbocycles. The molecule has 0 aromatic carbocycles. The van der Waals surface area contributed by atoms with Crippen molar-refractivity contribution in [2.75, 3.05) is 40.0 Å². The standard InChI is InChI=1S/C4H7N3O.C3H8O3.C3H8O2.C2H5NO2/c1-7-2-3(8)6-4(7)5;4-1-3(6)2-5;1-3(5)2-4;3-1-2(4)5/h2H2,1H3,(H2,5,6,8);3-6H,1-2H2;3-5H,2H2,1H3;1,3H2,(H,4,5). The van der Waals surface area contributed by atoms with Gasteiger partial charge >= 0.3 is 5.97 Å². The summed E-state index contributed by atoms with van der Waals surface area (Å²) in [6.07, 6.45) is -1.51. The van der Waals surface area contributed by atoms with Crippen molar-refractivity contribution in [3.63, 3.8) is 0 Å². The molecule has 24 heavy (non-hydrogen) atoms. The lowest BCUT2D eigenvalue weighted by Gasteiger charge is -2.03. The van der Waals surface area contributed by atoms with E-state index in [-0.39, 0.29) is 38.2 Å². The molecule has 1 aliphatic rings. The number of carbonyl (C=O) groups excluding carboxylic acids is 1. The van der Waals surface area contributed by atoms with Gasteiger partial charge < -0.3 is 41.3 Å². The SMILES string of the molecule is CC(O)CO.CN1CC(=O)NC1=N.NCC(=O)O.OCC(O)CO. The molecule has 12 heteroatoms. The fourth-order valence-corrected chi connectivity index (χ4v) is 0.619. The Bertz CT molecular complexity index is 350. The monoisotopic (exact) mass is 356 g/mol. The van der Waals surface area contributed by atoms with Crippen LogP contribution in [-0.4, -0.2) is 106 Å². The van der Waals surface area contributed by atoms with Gasteiger partial charge in [-0.1, -0.05) is 0 Å². The Morgan fingerprint density at radius 1 is 1.29 bits per heavy atom. The number of aliphatic hydroxyl groups is 5. The predicted octanol–water partition coefficient (Wildman–Crippen LogP) is -4.30. The number of amides is 1. The Morgan fingerprint density at radius 2 is 1.67 bits per heavy atom. The molecular formula is C12H28N4O8. The molecule has 0 spiro atoms. The van der Waals surface area contributed by atoms with Crippen LogP contribution in [0.4, 0.5) is 0 Å². The van der Waals surface area contributed by atoms with E-state index in [1.165, 1.54) is 6.92 Å². The maximum absolute atomic E-state index is 10.4. The highest BCUT2D eigenvalue weighted by Gasteiger charge is 2.18. The molecule has 0 aromatic heterocycles. The zero-order valence-electron chi connectivity index (χ0n) is 13.7. The summed E-state index contributed by atoms with van der Waals surface area (Å²) in [5, 5.41) is 56.9. The van der Waals surface area contributed by atoms with Crippen molar-refractivity contribution in [2.24, 2.45) is 5.73 Å². The van der Waals surface area contributed by atoms with Crippen LogP contribution < -0.4 is 11.1 Å². The molecule has 0 bridgehead atoms. The molecule has 1 atom stereocenters. The number of aliphatic carboxylic acids is 1. The van der Waals surface area contributed by atoms with E-state index >= 15 is 0 Å². The Hall–Kier alpha value is -1.83. The molecule has 1 fully saturated rings. The van der Waals surface area contributed by atoms with Gasteiger partial charge in [0.25, 0.3) is 0 Å². The zero-order valence-corrected chi connectivity index (χ0v) is 13.7. The highest BCUT2D eigenvalue weighted by Crippen LogP contribution is 1.89. The van der Waals surface area contributed by atoms with Gasteiger partial charge in [-0.3, -0.25) is 20.3 Å². The van der Waals surface area contributed by atoms with E-state index in [1.807, 2.05) is 0 Å². The molecule has 0 radical (unpaired) electrons. The first kappa shape index (κ1) is 27.0. The molecule has 1 heterocycles. The van der Waals surface area contributed by atoms with Crippen LogP contribution in [0.15, 0.2) is 0 Å². The number of guanidine groups is 1. The van der Waals surface area contributed by atoms with E-state index in [1.54, 1.807) is 11.9 Å². The average Bonchev–Trinajstić information content (AvgIpc) is 2.84. The summed E-state index contributed by atoms with van der Waals surface area (Å²) in [7, 11) is 1.69. The number of nitrogens with zero attached hydrogens (tertiary/aromatic N) is 1. The molecular weight excluding hydrogens is 328 g/mol. The van der Waals surface area contributed by atoms with Crippen LogP contribution >= 0.6 is 0 Å². The molecule has 1 rings (SSSR count). The van der Waals surface area contributed by atoms with Crippen LogP contribution in [0.25, 0.3) is 0 Å². The molecule has 12 nitrogen and oxygen atoms in total. The summed E-state index contributed by atoms with van der Waals surface area (Å²) in [6, 6.07) is 0. The first-order valence-electron chi connectivity index (χ1n) is 6.75. The number of carboxylic acid groups (broad SMARTS) is 1. The summed E-state index contributed by atoms with van der Waals surface area (Å²) < 4.78 is 0. The first-order chi connectivity index (χ1) is 11.0. The summed E-state index contributed by atoms with van der Waals surface area (Å²) in [5.41, 5.74) is 4.57. The third-order valence-corrected chi connectivity index (χ3v) is 1.88. The van der Waals surface area contributed by atoms with E-state index in [9.17, 15) is 9.59 Å². The molecule has 1 saturated heterocycles. The van der Waals surface area contributed by atoms with Gasteiger partial charge in [0, 0.05) is 7.05 Å². The van der Waals surface area contributed by atoms with E-state index in [4.69, 9.17) is 36.0 Å². The molecule has 1 unspecified atom stereocenters. The minimum absolute atomic E-state index is 0.0995. The lowest BCUT2D eigenvalue weighted by atomic mass is 10.4. The fraction of sp³-hybridized carbons (Fsp3) is 0.750. The second-order valence-electron chi connectivity index (χ2n) is 4.40. The number of hydrogen-bond donors (Lipinski definition) is 9. The van der Waals surface area contributed by atoms with Gasteiger partial charge in [-0.05, 0) is 6.92 Å². The van der Waals surface area contributed by atoms with Gasteiger partial charge in [-0.25, -0.2) is 0 Å². The average molecular weight is 356 g/mol. The van der Waals surface area contributed by atoms with Crippen molar-refractivity contribution in [3.05, 3.63) is 0 Å². The lowest BCUT2D eigenvalue weighted by Crippen LogP contribution is -2.25. The molecule has 0 aromatic rings. The van der Waals surface area contributed by atoms with E-state index in [0.29, 0.717) is 6.54 Å². The summed E-state index contributed by atoms with van der Waals surface area (Å²) in [5.74, 6) is -0.877. The largest absolute Gasteiger partial charge is 0.480 e. The van der Waals surface area contributed by atoms with Crippen molar-refractivity contribution in [2.45, 2.75) is 19.1 Å². The highest BCUT2D eigenvalue weighted by molar-refractivity contribution is 6.02. The second-order valence-corrected chi connectivity index (χ2v) is 4.40. The van der Waals surface area contributed by atoms with Crippen LogP contribution in [0, 0.1) is 5.41 Å². The van der Waals surface area contributed by atoms with Gasteiger partial charge in [0.2, 0.25) is 5.91 Å². The van der Waals surface area contributed by atoms with Crippen molar-refractivity contribution in [1.29, 1.82) is 5.41 Å². The number of carbonyl (C=O) groups is 2. The predicted molar refractivity (Wildman–Crippen MR) is 84.1 cm³/mol. The number of hydrogen-bond acceptors (Lipinski definition) is 9. The highest BCUT2D eigenvalue weighted by atomic mass is 16.4. The van der Waals surface area contributed by atoms with E-state index in [2.05, 4.69) is 11.1 Å². The van der Waals surface area contributed by atoms with Crippen LogP contribution in [0.2, 0.25) is 0 Å². The Labute approximate surface area is 139 Å². The summed E-state index contributed by atoms with van der Waals surface area (Å²) in [6.45, 7) is 0.700. The minimum atomic E-state index is -0.968. The number of rotatable bonds is 4. The van der Waals surface area contributed by atoms with Crippen molar-refractivity contribution < 1.29 is 40.2 Å². The topological polar surface area (TPSA) is 221 Å². The van der Waals surface area contributed by atoms with Crippen molar-refractivity contribution in [3.8, 4) is 0 Å². The third kappa shape index (κ3) is 22.5. The second kappa shape index (κ2) is 17.5. The lowest BCUT2D eigenvalue weighted by molar-refractivity contribution is -0.135. The van der Waals surface area contributed by atoms with Crippen LogP contribution in [0.3, 0.4) is 0 Å². The Balaban J connectivity index is -0.000000252. The van der Waals surface area contributed by atoms with Gasteiger partial charge in [0.05, 0.1) is 39.0 Å². The van der Waals surface area contributed by atoms with Gasteiger partial charge in [0.1, 0.15) is 6.10 Å². The fourth-order valence-electron chi connectivity index (χ4n) is 0.619. The van der Waals surface area contributed by atoms with Crippen LogP contribution in [0.1, 0.15) is 6.92 Å². The number of nitrogens with two attached hydrogens (primary N) is 1. The quantitative estimate of drug-likeness (QED) is 0.236. The normalized spacial score (nSPS) is 13.6. The molecule has 144 valence electrons. The summed E-state index contributed by atoms with van der Waals surface area (Å²) in [4.78, 5) is 21.2. The number of likely N-dealkylation sites (N-methyl/N-ethyl adjacent to an activating group) is 1. The van der Waals surface area contributed by atoms with E-state index in [0.717, 1.165) is 0 Å². The van der Waals surface area contributed by atoms with Crippen LogP contribution in [-0.2, 0) is 9.59 Å².